The average molecular weight is 555 g/mol. The van der Waals surface area contributed by atoms with Crippen LogP contribution < -0.4 is 21.3 Å². The Kier molecular flexibility index (Phi) is 7.33. The largest absolute Gasteiger partial charge is 0.337 e. The van der Waals surface area contributed by atoms with E-state index >= 15 is 0 Å². The van der Waals surface area contributed by atoms with Crippen molar-refractivity contribution < 1.29 is 14.4 Å². The number of hydrogen-bond acceptors (Lipinski definition) is 3. The zero-order chi connectivity index (χ0) is 27.6. The fourth-order valence-corrected chi connectivity index (χ4v) is 10.7. The summed E-state index contributed by atoms with van der Waals surface area (Å²) in [6.45, 7) is 0.546. The third-order valence-corrected chi connectivity index (χ3v) is 11.2. The molecule has 4 aliphatic carbocycles. The normalized spacial score (nSPS) is 26.2. The Balaban J connectivity index is 1.25. The number of benzene rings is 3. The third-order valence-electron chi connectivity index (χ3n) is 8.74. The molecule has 4 bridgehead atoms. The molecule has 2 unspecified atom stereocenters. The van der Waals surface area contributed by atoms with Gasteiger partial charge in [-0.3, -0.25) is 9.59 Å². The summed E-state index contributed by atoms with van der Waals surface area (Å²) in [5, 5.41) is 11.8. The van der Waals surface area contributed by atoms with Crippen molar-refractivity contribution in [1.29, 1.82) is 0 Å². The highest BCUT2D eigenvalue weighted by Crippen LogP contribution is 2.72. The summed E-state index contributed by atoms with van der Waals surface area (Å²) in [5.41, 5.74) is 1.65. The van der Waals surface area contributed by atoms with Crippen molar-refractivity contribution in [2.24, 2.45) is 17.3 Å². The summed E-state index contributed by atoms with van der Waals surface area (Å²) >= 11 is 0. The monoisotopic (exact) mass is 554 g/mol. The highest BCUT2D eigenvalue weighted by molar-refractivity contribution is 7.90. The summed E-state index contributed by atoms with van der Waals surface area (Å²) in [6.07, 6.45) is 5.74. The van der Waals surface area contributed by atoms with Gasteiger partial charge in [0.05, 0.1) is 7.92 Å². The second-order valence-electron chi connectivity index (χ2n) is 11.8. The molecule has 0 radical (unpaired) electrons. The van der Waals surface area contributed by atoms with Gasteiger partial charge in [0.25, 0.3) is 11.3 Å². The molecular formula is C32H35N4O3P. The van der Waals surface area contributed by atoms with E-state index in [1.54, 1.807) is 0 Å². The van der Waals surface area contributed by atoms with E-state index in [-0.39, 0.29) is 22.7 Å². The van der Waals surface area contributed by atoms with Crippen LogP contribution in [0.15, 0.2) is 91.0 Å². The molecule has 8 heteroatoms. The van der Waals surface area contributed by atoms with Crippen LogP contribution in [0.5, 0.6) is 0 Å². The molecule has 4 N–H and O–H groups in total. The first-order valence-electron chi connectivity index (χ1n) is 14.0. The maximum Gasteiger partial charge on any atom is 0.319 e. The van der Waals surface area contributed by atoms with E-state index < -0.39 is 13.1 Å². The number of amides is 4. The average Bonchev–Trinajstić information content (AvgIpc) is 2.93. The van der Waals surface area contributed by atoms with E-state index in [0.717, 1.165) is 44.2 Å². The van der Waals surface area contributed by atoms with Crippen molar-refractivity contribution in [2.75, 3.05) is 22.5 Å². The molecule has 3 aromatic carbocycles. The molecule has 0 aromatic heterocycles. The Morgan fingerprint density at radius 1 is 0.650 bits per heavy atom. The molecule has 0 saturated heterocycles. The van der Waals surface area contributed by atoms with Crippen LogP contribution in [0.25, 0.3) is 0 Å². The van der Waals surface area contributed by atoms with Gasteiger partial charge in [-0.15, -0.1) is 0 Å². The second kappa shape index (κ2) is 11.1. The molecule has 0 spiro atoms. The molecule has 3 aromatic rings. The van der Waals surface area contributed by atoms with Crippen LogP contribution in [0.3, 0.4) is 0 Å². The number of para-hydroxylation sites is 3. The highest BCUT2D eigenvalue weighted by atomic mass is 31.1. The van der Waals surface area contributed by atoms with Crippen LogP contribution in [0.2, 0.25) is 0 Å². The van der Waals surface area contributed by atoms with Crippen LogP contribution in [0.1, 0.15) is 38.5 Å². The number of carbonyl (C=O) groups is 3. The molecular weight excluding hydrogens is 519 g/mol. The SMILES string of the molecule is O=C(NCC12C[C@H]3C[C@@H](C1)CC(P(C(=O)Nc1ccccc1)C(=O)Nc1ccccc1)(C3)C2)Nc1ccccc1. The lowest BCUT2D eigenvalue weighted by Gasteiger charge is -2.63. The van der Waals surface area contributed by atoms with Crippen molar-refractivity contribution in [1.82, 2.24) is 5.32 Å². The highest BCUT2D eigenvalue weighted by Gasteiger charge is 2.62. The molecule has 40 heavy (non-hydrogen) atoms. The number of rotatable bonds is 8. The zero-order valence-electron chi connectivity index (χ0n) is 22.4. The van der Waals surface area contributed by atoms with Crippen molar-refractivity contribution in [3.63, 3.8) is 0 Å². The van der Waals surface area contributed by atoms with Crippen LogP contribution in [-0.4, -0.2) is 29.0 Å². The second-order valence-corrected chi connectivity index (χ2v) is 14.2. The van der Waals surface area contributed by atoms with Gasteiger partial charge in [0, 0.05) is 28.8 Å². The van der Waals surface area contributed by atoms with Gasteiger partial charge in [0.2, 0.25) is 0 Å². The number of urea groups is 1. The third kappa shape index (κ3) is 5.62. The van der Waals surface area contributed by atoms with E-state index in [1.807, 2.05) is 91.0 Å². The van der Waals surface area contributed by atoms with Gasteiger partial charge in [0.15, 0.2) is 0 Å². The molecule has 7 nitrogen and oxygen atoms in total. The first-order chi connectivity index (χ1) is 19.4. The summed E-state index contributed by atoms with van der Waals surface area (Å²) in [6, 6.07) is 28.0. The van der Waals surface area contributed by atoms with E-state index in [4.69, 9.17) is 0 Å². The molecule has 206 valence electrons. The maximum absolute atomic E-state index is 14.0. The fourth-order valence-electron chi connectivity index (χ4n) is 7.76. The van der Waals surface area contributed by atoms with Crippen LogP contribution >= 0.6 is 7.92 Å². The Hall–Kier alpha value is -3.70. The van der Waals surface area contributed by atoms with Gasteiger partial charge < -0.3 is 21.3 Å². The van der Waals surface area contributed by atoms with Gasteiger partial charge in [-0.1, -0.05) is 54.6 Å². The summed E-state index contributed by atoms with van der Waals surface area (Å²) < 4.78 is 0. The number of hydrogen-bond donors (Lipinski definition) is 4. The lowest BCUT2D eigenvalue weighted by molar-refractivity contribution is -0.0359. The van der Waals surface area contributed by atoms with Crippen molar-refractivity contribution >= 4 is 42.3 Å². The smallest absolute Gasteiger partial charge is 0.319 e. The first-order valence-corrected chi connectivity index (χ1v) is 15.4. The lowest BCUT2D eigenvalue weighted by atomic mass is 9.49. The number of anilines is 3. The molecule has 4 saturated carbocycles. The number of carbonyl (C=O) groups excluding carboxylic acids is 3. The van der Waals surface area contributed by atoms with Crippen LogP contribution in [-0.2, 0) is 0 Å². The van der Waals surface area contributed by atoms with Gasteiger partial charge in [0.1, 0.15) is 0 Å². The predicted molar refractivity (Wildman–Crippen MR) is 161 cm³/mol. The molecule has 0 aliphatic heterocycles. The first kappa shape index (κ1) is 26.5. The van der Waals surface area contributed by atoms with Gasteiger partial charge in [-0.05, 0) is 92.2 Å². The van der Waals surface area contributed by atoms with Crippen LogP contribution in [0, 0.1) is 17.3 Å². The van der Waals surface area contributed by atoms with E-state index in [2.05, 4.69) is 21.3 Å². The van der Waals surface area contributed by atoms with Crippen molar-refractivity contribution in [3.05, 3.63) is 91.0 Å². The lowest BCUT2D eigenvalue weighted by Crippen LogP contribution is -2.59. The molecule has 4 amide bonds. The topological polar surface area (TPSA) is 99.3 Å². The van der Waals surface area contributed by atoms with Gasteiger partial charge >= 0.3 is 6.03 Å². The van der Waals surface area contributed by atoms with E-state index in [1.165, 1.54) is 0 Å². The minimum Gasteiger partial charge on any atom is -0.337 e. The fraction of sp³-hybridized carbons (Fsp3) is 0.344. The molecule has 4 aliphatic rings. The van der Waals surface area contributed by atoms with E-state index in [0.29, 0.717) is 29.8 Å². The van der Waals surface area contributed by atoms with Gasteiger partial charge in [-0.25, -0.2) is 4.79 Å². The molecule has 4 atom stereocenters. The quantitative estimate of drug-likeness (QED) is 0.212. The number of nitrogens with one attached hydrogen (secondary N) is 4. The summed E-state index contributed by atoms with van der Waals surface area (Å²) in [4.78, 5) is 40.8. The molecule has 7 rings (SSSR count). The zero-order valence-corrected chi connectivity index (χ0v) is 23.3. The van der Waals surface area contributed by atoms with E-state index in [9.17, 15) is 14.4 Å². The molecule has 4 fully saturated rings. The van der Waals surface area contributed by atoms with Crippen molar-refractivity contribution in [2.45, 2.75) is 43.7 Å². The minimum atomic E-state index is -1.73. The maximum atomic E-state index is 14.0. The van der Waals surface area contributed by atoms with Gasteiger partial charge in [-0.2, -0.15) is 0 Å². The Labute approximate surface area is 236 Å². The van der Waals surface area contributed by atoms with Crippen LogP contribution in [0.4, 0.5) is 31.4 Å². The summed E-state index contributed by atoms with van der Waals surface area (Å²) in [7, 11) is -1.73. The standard InChI is InChI=1S/C32H35N4O3P/c37-28(34-25-10-4-1-5-11-25)33-22-31-17-23-16-24(18-31)20-32(19-23,21-31)40(29(38)35-26-12-6-2-7-13-26)30(39)36-27-14-8-3-9-15-27/h1-15,23-24H,16-22H2,(H,35,38)(H,36,39)(H2,33,34,37)/t23-,24+,31?,32?. The molecule has 0 heterocycles. The minimum absolute atomic E-state index is 0.112. The Morgan fingerprint density at radius 3 is 1.57 bits per heavy atom. The Morgan fingerprint density at radius 2 is 1.10 bits per heavy atom. The Bertz CT molecular complexity index is 1300. The van der Waals surface area contributed by atoms with Crippen molar-refractivity contribution in [3.8, 4) is 0 Å². The summed E-state index contributed by atoms with van der Waals surface area (Å²) in [5.74, 6) is 0.915. The predicted octanol–water partition coefficient (Wildman–Crippen LogP) is 8.09.